The number of benzene rings is 2. The van der Waals surface area contributed by atoms with E-state index in [-0.39, 0.29) is 0 Å². The van der Waals surface area contributed by atoms with Gasteiger partial charge in [-0.05, 0) is 30.5 Å². The molecule has 2 aromatic carbocycles. The Bertz CT molecular complexity index is 886. The highest BCUT2D eigenvalue weighted by molar-refractivity contribution is 5.96. The Morgan fingerprint density at radius 3 is 2.67 bits per heavy atom. The van der Waals surface area contributed by atoms with E-state index in [9.17, 15) is 4.79 Å². The minimum atomic E-state index is -0.417. The molecule has 0 saturated heterocycles. The Balaban J connectivity index is 1.58. The molecule has 0 aliphatic rings. The second kappa shape index (κ2) is 9.28. The molecule has 138 valence electrons. The molecule has 0 unspecified atom stereocenters. The molecule has 7 nitrogen and oxygen atoms in total. The first-order valence-corrected chi connectivity index (χ1v) is 8.68. The van der Waals surface area contributed by atoms with Gasteiger partial charge in [0.2, 0.25) is 5.95 Å². The van der Waals surface area contributed by atoms with Crippen molar-refractivity contribution < 1.29 is 9.53 Å². The van der Waals surface area contributed by atoms with Gasteiger partial charge in [-0.1, -0.05) is 42.5 Å². The molecule has 3 aromatic rings. The number of nitrogens with one attached hydrogen (secondary N) is 2. The Morgan fingerprint density at radius 1 is 1.07 bits per heavy atom. The summed E-state index contributed by atoms with van der Waals surface area (Å²) in [5.74, 6) is 0.509. The van der Waals surface area contributed by atoms with E-state index in [0.29, 0.717) is 23.0 Å². The van der Waals surface area contributed by atoms with E-state index in [1.807, 2.05) is 24.3 Å². The zero-order valence-corrected chi connectivity index (χ0v) is 15.1. The van der Waals surface area contributed by atoms with Crippen LogP contribution >= 0.6 is 0 Å². The molecule has 0 amide bonds. The van der Waals surface area contributed by atoms with Crippen molar-refractivity contribution in [3.8, 4) is 0 Å². The number of methoxy groups -OCH3 is 1. The third-order valence-corrected chi connectivity index (χ3v) is 3.92. The van der Waals surface area contributed by atoms with Gasteiger partial charge in [-0.2, -0.15) is 10.1 Å². The second-order valence-corrected chi connectivity index (χ2v) is 5.84. The number of ether oxygens (including phenoxy) is 1. The van der Waals surface area contributed by atoms with Gasteiger partial charge in [-0.25, -0.2) is 4.79 Å². The lowest BCUT2D eigenvalue weighted by molar-refractivity contribution is 0.0602. The van der Waals surface area contributed by atoms with Gasteiger partial charge in [-0.3, -0.25) is 0 Å². The van der Waals surface area contributed by atoms with Crippen molar-refractivity contribution in [2.24, 2.45) is 0 Å². The van der Waals surface area contributed by atoms with Gasteiger partial charge in [0.15, 0.2) is 5.82 Å². The van der Waals surface area contributed by atoms with E-state index in [1.165, 1.54) is 18.9 Å². The summed E-state index contributed by atoms with van der Waals surface area (Å²) in [4.78, 5) is 16.3. The number of para-hydroxylation sites is 1. The van der Waals surface area contributed by atoms with E-state index in [2.05, 4.69) is 37.9 Å². The Labute approximate surface area is 157 Å². The van der Waals surface area contributed by atoms with Crippen LogP contribution in [0.2, 0.25) is 0 Å². The summed E-state index contributed by atoms with van der Waals surface area (Å²) >= 11 is 0. The summed E-state index contributed by atoms with van der Waals surface area (Å²) in [5.41, 5.74) is 2.32. The van der Waals surface area contributed by atoms with Crippen LogP contribution in [0.1, 0.15) is 22.3 Å². The van der Waals surface area contributed by atoms with Crippen LogP contribution in [-0.2, 0) is 11.2 Å². The maximum atomic E-state index is 11.9. The number of rotatable bonds is 8. The molecule has 0 saturated carbocycles. The lowest BCUT2D eigenvalue weighted by Crippen LogP contribution is -2.10. The standard InChI is InChI=1S/C20H21N5O2/c1-27-19(26)16-11-5-6-12-17(16)23-18-14-22-25-20(24-18)21-13-7-10-15-8-3-2-4-9-15/h2-6,8-9,11-12,14H,7,10,13H2,1H3,(H2,21,23,24,25). The van der Waals surface area contributed by atoms with E-state index < -0.39 is 5.97 Å². The van der Waals surface area contributed by atoms with Crippen LogP contribution in [0.25, 0.3) is 0 Å². The number of carbonyl (C=O) groups excluding carboxylic acids is 1. The first-order valence-electron chi connectivity index (χ1n) is 8.68. The first kappa shape index (κ1) is 18.3. The molecule has 3 rings (SSSR count). The van der Waals surface area contributed by atoms with E-state index >= 15 is 0 Å². The fraction of sp³-hybridized carbons (Fsp3) is 0.200. The van der Waals surface area contributed by atoms with Crippen molar-refractivity contribution in [1.29, 1.82) is 0 Å². The molecule has 7 heteroatoms. The summed E-state index contributed by atoms with van der Waals surface area (Å²) in [7, 11) is 1.35. The molecule has 27 heavy (non-hydrogen) atoms. The summed E-state index contributed by atoms with van der Waals surface area (Å²) in [5, 5.41) is 14.2. The van der Waals surface area contributed by atoms with Gasteiger partial charge in [0, 0.05) is 6.54 Å². The number of esters is 1. The smallest absolute Gasteiger partial charge is 0.339 e. The third-order valence-electron chi connectivity index (χ3n) is 3.92. The number of nitrogens with zero attached hydrogens (tertiary/aromatic N) is 3. The van der Waals surface area contributed by atoms with Crippen LogP contribution in [0.15, 0.2) is 60.8 Å². The van der Waals surface area contributed by atoms with E-state index in [1.54, 1.807) is 18.2 Å². The topological polar surface area (TPSA) is 89.0 Å². The summed E-state index contributed by atoms with van der Waals surface area (Å²) < 4.78 is 4.80. The van der Waals surface area contributed by atoms with Gasteiger partial charge in [0.1, 0.15) is 0 Å². The highest BCUT2D eigenvalue weighted by Crippen LogP contribution is 2.20. The molecule has 2 N–H and O–H groups in total. The quantitative estimate of drug-likeness (QED) is 0.468. The predicted molar refractivity (Wildman–Crippen MR) is 104 cm³/mol. The van der Waals surface area contributed by atoms with Gasteiger partial charge < -0.3 is 15.4 Å². The first-order chi connectivity index (χ1) is 13.3. The normalized spacial score (nSPS) is 10.3. The number of carbonyl (C=O) groups is 1. The van der Waals surface area contributed by atoms with E-state index in [4.69, 9.17) is 4.74 Å². The van der Waals surface area contributed by atoms with Crippen molar-refractivity contribution >= 4 is 23.4 Å². The maximum absolute atomic E-state index is 11.9. The molecule has 0 fully saturated rings. The van der Waals surface area contributed by atoms with Crippen molar-refractivity contribution in [2.45, 2.75) is 12.8 Å². The van der Waals surface area contributed by atoms with Gasteiger partial charge in [0.25, 0.3) is 0 Å². The monoisotopic (exact) mass is 363 g/mol. The van der Waals surface area contributed by atoms with Crippen molar-refractivity contribution in [3.63, 3.8) is 0 Å². The van der Waals surface area contributed by atoms with Gasteiger partial charge in [0.05, 0.1) is 24.6 Å². The van der Waals surface area contributed by atoms with E-state index in [0.717, 1.165) is 19.4 Å². The molecular weight excluding hydrogens is 342 g/mol. The number of hydrogen-bond acceptors (Lipinski definition) is 7. The zero-order chi connectivity index (χ0) is 18.9. The highest BCUT2D eigenvalue weighted by atomic mass is 16.5. The second-order valence-electron chi connectivity index (χ2n) is 5.84. The van der Waals surface area contributed by atoms with Crippen LogP contribution in [-0.4, -0.2) is 34.8 Å². The largest absolute Gasteiger partial charge is 0.465 e. The summed E-state index contributed by atoms with van der Waals surface area (Å²) in [6.45, 7) is 0.735. The molecule has 0 bridgehead atoms. The average molecular weight is 363 g/mol. The van der Waals surface area contributed by atoms with Gasteiger partial charge >= 0.3 is 5.97 Å². The molecule has 0 aliphatic heterocycles. The lowest BCUT2D eigenvalue weighted by Gasteiger charge is -2.10. The molecule has 0 atom stereocenters. The Kier molecular flexibility index (Phi) is 6.30. The van der Waals surface area contributed by atoms with Crippen LogP contribution < -0.4 is 10.6 Å². The van der Waals surface area contributed by atoms with Crippen molar-refractivity contribution in [3.05, 3.63) is 71.9 Å². The van der Waals surface area contributed by atoms with Crippen molar-refractivity contribution in [1.82, 2.24) is 15.2 Å². The predicted octanol–water partition coefficient (Wildman–Crippen LogP) is 3.45. The molecule has 0 aliphatic carbocycles. The Hall–Kier alpha value is -3.48. The molecule has 1 aromatic heterocycles. The minimum absolute atomic E-state index is 0.417. The average Bonchev–Trinajstić information content (AvgIpc) is 2.72. The molecular formula is C20H21N5O2. The van der Waals surface area contributed by atoms with Gasteiger partial charge in [-0.15, -0.1) is 5.10 Å². The number of anilines is 3. The number of aryl methyl sites for hydroxylation is 1. The molecule has 0 spiro atoms. The van der Waals surface area contributed by atoms with Crippen LogP contribution in [0.5, 0.6) is 0 Å². The summed E-state index contributed by atoms with van der Waals surface area (Å²) in [6.07, 6.45) is 3.44. The lowest BCUT2D eigenvalue weighted by atomic mass is 10.1. The number of aromatic nitrogens is 3. The fourth-order valence-electron chi connectivity index (χ4n) is 2.59. The van der Waals surface area contributed by atoms with Crippen LogP contribution in [0.3, 0.4) is 0 Å². The van der Waals surface area contributed by atoms with Crippen LogP contribution in [0.4, 0.5) is 17.5 Å². The Morgan fingerprint density at radius 2 is 1.85 bits per heavy atom. The highest BCUT2D eigenvalue weighted by Gasteiger charge is 2.12. The van der Waals surface area contributed by atoms with Crippen LogP contribution in [0, 0.1) is 0 Å². The SMILES string of the molecule is COC(=O)c1ccccc1Nc1cnnc(NCCCc2ccccc2)n1. The number of hydrogen-bond donors (Lipinski definition) is 2. The summed E-state index contributed by atoms with van der Waals surface area (Å²) in [6, 6.07) is 17.4. The molecule has 0 radical (unpaired) electrons. The maximum Gasteiger partial charge on any atom is 0.339 e. The third kappa shape index (κ3) is 5.24. The van der Waals surface area contributed by atoms with Crippen molar-refractivity contribution in [2.75, 3.05) is 24.3 Å². The molecule has 1 heterocycles. The zero-order valence-electron chi connectivity index (χ0n) is 15.1. The minimum Gasteiger partial charge on any atom is -0.465 e. The fourth-order valence-corrected chi connectivity index (χ4v) is 2.59.